The number of halogens is 2. The second kappa shape index (κ2) is 7.88. The SMILES string of the molecule is CCc1cc(C(=O)CCCCCBr)ccc1Cl. The summed E-state index contributed by atoms with van der Waals surface area (Å²) in [6.45, 7) is 2.05. The average molecular weight is 318 g/mol. The molecule has 1 aromatic rings. The second-order valence-corrected chi connectivity index (χ2v) is 5.28. The van der Waals surface area contributed by atoms with Crippen molar-refractivity contribution in [1.82, 2.24) is 0 Å². The summed E-state index contributed by atoms with van der Waals surface area (Å²) in [6, 6.07) is 5.58. The van der Waals surface area contributed by atoms with E-state index < -0.39 is 0 Å². The quantitative estimate of drug-likeness (QED) is 0.391. The highest BCUT2D eigenvalue weighted by Crippen LogP contribution is 2.19. The molecule has 0 N–H and O–H groups in total. The van der Waals surface area contributed by atoms with E-state index in [0.29, 0.717) is 6.42 Å². The van der Waals surface area contributed by atoms with Gasteiger partial charge in [-0.3, -0.25) is 4.79 Å². The molecule has 0 aromatic heterocycles. The van der Waals surface area contributed by atoms with Crippen LogP contribution in [0.25, 0.3) is 0 Å². The zero-order chi connectivity index (χ0) is 12.7. The lowest BCUT2D eigenvalue weighted by Crippen LogP contribution is -2.00. The summed E-state index contributed by atoms with van der Waals surface area (Å²) in [5.74, 6) is 0.228. The first-order valence-electron chi connectivity index (χ1n) is 6.06. The molecule has 0 aliphatic carbocycles. The van der Waals surface area contributed by atoms with E-state index in [2.05, 4.69) is 15.9 Å². The Kier molecular flexibility index (Phi) is 6.83. The molecule has 0 aliphatic rings. The Morgan fingerprint density at radius 1 is 1.29 bits per heavy atom. The number of benzene rings is 1. The minimum atomic E-state index is 0.228. The Morgan fingerprint density at radius 2 is 2.06 bits per heavy atom. The van der Waals surface area contributed by atoms with Crippen molar-refractivity contribution in [3.05, 3.63) is 34.3 Å². The van der Waals surface area contributed by atoms with Crippen LogP contribution in [-0.2, 0) is 6.42 Å². The van der Waals surface area contributed by atoms with E-state index in [9.17, 15) is 4.79 Å². The fourth-order valence-electron chi connectivity index (χ4n) is 1.72. The molecule has 0 unspecified atom stereocenters. The van der Waals surface area contributed by atoms with Crippen LogP contribution in [0.3, 0.4) is 0 Å². The van der Waals surface area contributed by atoms with Gasteiger partial charge in [0.15, 0.2) is 5.78 Å². The van der Waals surface area contributed by atoms with E-state index in [0.717, 1.165) is 47.2 Å². The first-order valence-corrected chi connectivity index (χ1v) is 7.56. The molecule has 17 heavy (non-hydrogen) atoms. The molecule has 0 amide bonds. The molecule has 0 spiro atoms. The lowest BCUT2D eigenvalue weighted by molar-refractivity contribution is 0.0979. The van der Waals surface area contributed by atoms with Crippen LogP contribution in [-0.4, -0.2) is 11.1 Å². The Hall–Kier alpha value is -0.340. The van der Waals surface area contributed by atoms with Crippen molar-refractivity contribution in [3.8, 4) is 0 Å². The van der Waals surface area contributed by atoms with Crippen LogP contribution in [0.4, 0.5) is 0 Å². The van der Waals surface area contributed by atoms with Gasteiger partial charge in [0, 0.05) is 22.3 Å². The summed E-state index contributed by atoms with van der Waals surface area (Å²) in [5, 5.41) is 1.77. The number of ketones is 1. The van der Waals surface area contributed by atoms with Crippen LogP contribution in [0.5, 0.6) is 0 Å². The number of unbranched alkanes of at least 4 members (excludes halogenated alkanes) is 2. The zero-order valence-electron chi connectivity index (χ0n) is 10.1. The maximum Gasteiger partial charge on any atom is 0.162 e. The monoisotopic (exact) mass is 316 g/mol. The summed E-state index contributed by atoms with van der Waals surface area (Å²) >= 11 is 9.42. The van der Waals surface area contributed by atoms with Gasteiger partial charge in [-0.05, 0) is 43.0 Å². The van der Waals surface area contributed by atoms with E-state index >= 15 is 0 Å². The summed E-state index contributed by atoms with van der Waals surface area (Å²) in [6.07, 6.45) is 4.70. The Morgan fingerprint density at radius 3 is 2.71 bits per heavy atom. The average Bonchev–Trinajstić information content (AvgIpc) is 2.35. The van der Waals surface area contributed by atoms with Gasteiger partial charge in [0.1, 0.15) is 0 Å². The molecule has 1 nitrogen and oxygen atoms in total. The van der Waals surface area contributed by atoms with Crippen molar-refractivity contribution >= 4 is 33.3 Å². The van der Waals surface area contributed by atoms with Crippen molar-refractivity contribution in [2.45, 2.75) is 39.0 Å². The van der Waals surface area contributed by atoms with Crippen molar-refractivity contribution in [2.24, 2.45) is 0 Å². The highest BCUT2D eigenvalue weighted by Gasteiger charge is 2.07. The number of hydrogen-bond acceptors (Lipinski definition) is 1. The predicted molar refractivity (Wildman–Crippen MR) is 77.4 cm³/mol. The number of alkyl halides is 1. The van der Waals surface area contributed by atoms with E-state index in [1.54, 1.807) is 0 Å². The van der Waals surface area contributed by atoms with E-state index in [1.165, 1.54) is 0 Å². The normalized spacial score (nSPS) is 10.5. The maximum absolute atomic E-state index is 11.9. The molecule has 1 rings (SSSR count). The standard InChI is InChI=1S/C14H18BrClO/c1-2-11-10-12(7-8-13(11)16)14(17)6-4-3-5-9-15/h7-8,10H,2-6,9H2,1H3. The van der Waals surface area contributed by atoms with Gasteiger partial charge in [-0.25, -0.2) is 0 Å². The van der Waals surface area contributed by atoms with Gasteiger partial charge >= 0.3 is 0 Å². The third kappa shape index (κ3) is 4.81. The summed E-state index contributed by atoms with van der Waals surface area (Å²) in [4.78, 5) is 11.9. The fraction of sp³-hybridized carbons (Fsp3) is 0.500. The van der Waals surface area contributed by atoms with Crippen LogP contribution in [0.2, 0.25) is 5.02 Å². The molecule has 0 atom stereocenters. The van der Waals surface area contributed by atoms with Crippen molar-refractivity contribution < 1.29 is 4.79 Å². The molecule has 0 fully saturated rings. The molecular formula is C14H18BrClO. The van der Waals surface area contributed by atoms with Crippen molar-refractivity contribution in [2.75, 3.05) is 5.33 Å². The molecular weight excluding hydrogens is 300 g/mol. The molecule has 0 saturated carbocycles. The van der Waals surface area contributed by atoms with Crippen molar-refractivity contribution in [1.29, 1.82) is 0 Å². The molecule has 94 valence electrons. The molecule has 0 saturated heterocycles. The minimum Gasteiger partial charge on any atom is -0.294 e. The Labute approximate surface area is 117 Å². The number of hydrogen-bond donors (Lipinski definition) is 0. The number of aryl methyl sites for hydroxylation is 1. The lowest BCUT2D eigenvalue weighted by atomic mass is 10.0. The summed E-state index contributed by atoms with van der Waals surface area (Å²) < 4.78 is 0. The number of Topliss-reactive ketones (excluding diaryl/α,β-unsaturated/α-hetero) is 1. The number of carbonyl (C=O) groups excluding carboxylic acids is 1. The smallest absolute Gasteiger partial charge is 0.162 e. The topological polar surface area (TPSA) is 17.1 Å². The molecule has 0 bridgehead atoms. The van der Waals surface area contributed by atoms with Gasteiger partial charge in [0.25, 0.3) is 0 Å². The predicted octanol–water partition coefficient (Wildman–Crippen LogP) is 5.04. The van der Waals surface area contributed by atoms with Gasteiger partial charge in [-0.2, -0.15) is 0 Å². The molecule has 0 aliphatic heterocycles. The van der Waals surface area contributed by atoms with Gasteiger partial charge in [0.05, 0.1) is 0 Å². The molecule has 0 radical (unpaired) electrons. The van der Waals surface area contributed by atoms with Crippen LogP contribution in [0.1, 0.15) is 48.5 Å². The van der Waals surface area contributed by atoms with E-state index in [-0.39, 0.29) is 5.78 Å². The second-order valence-electron chi connectivity index (χ2n) is 4.08. The van der Waals surface area contributed by atoms with Gasteiger partial charge in [0.2, 0.25) is 0 Å². The summed E-state index contributed by atoms with van der Waals surface area (Å²) in [5.41, 5.74) is 1.85. The largest absolute Gasteiger partial charge is 0.294 e. The van der Waals surface area contributed by atoms with Crippen LogP contribution >= 0.6 is 27.5 Å². The third-order valence-corrected chi connectivity index (χ3v) is 3.72. The highest BCUT2D eigenvalue weighted by molar-refractivity contribution is 9.09. The van der Waals surface area contributed by atoms with Crippen LogP contribution < -0.4 is 0 Å². The first kappa shape index (κ1) is 14.7. The number of carbonyl (C=O) groups is 1. The van der Waals surface area contributed by atoms with Gasteiger partial charge in [-0.1, -0.05) is 40.9 Å². The van der Waals surface area contributed by atoms with Crippen LogP contribution in [0, 0.1) is 0 Å². The first-order chi connectivity index (χ1) is 8.19. The van der Waals surface area contributed by atoms with E-state index in [4.69, 9.17) is 11.6 Å². The van der Waals surface area contributed by atoms with Gasteiger partial charge in [-0.15, -0.1) is 0 Å². The third-order valence-electron chi connectivity index (χ3n) is 2.79. The zero-order valence-corrected chi connectivity index (χ0v) is 12.5. The Bertz CT molecular complexity index is 376. The fourth-order valence-corrected chi connectivity index (χ4v) is 2.37. The highest BCUT2D eigenvalue weighted by atomic mass is 79.9. The maximum atomic E-state index is 11.9. The number of rotatable bonds is 7. The minimum absolute atomic E-state index is 0.228. The summed E-state index contributed by atoms with van der Waals surface area (Å²) in [7, 11) is 0. The lowest BCUT2D eigenvalue weighted by Gasteiger charge is -2.05. The molecule has 0 heterocycles. The Balaban J connectivity index is 2.57. The van der Waals surface area contributed by atoms with Crippen LogP contribution in [0.15, 0.2) is 18.2 Å². The van der Waals surface area contributed by atoms with Gasteiger partial charge < -0.3 is 0 Å². The van der Waals surface area contributed by atoms with E-state index in [1.807, 2.05) is 25.1 Å². The molecule has 3 heteroatoms. The van der Waals surface area contributed by atoms with Crippen molar-refractivity contribution in [3.63, 3.8) is 0 Å². The molecule has 1 aromatic carbocycles.